The van der Waals surface area contributed by atoms with Crippen LogP contribution in [0.2, 0.25) is 0 Å². The molecule has 0 aliphatic carbocycles. The Morgan fingerprint density at radius 2 is 1.27 bits per heavy atom. The molecule has 0 bridgehead atoms. The number of fused-ring (bicyclic) bond motifs is 3. The van der Waals surface area contributed by atoms with Crippen molar-refractivity contribution in [3.05, 3.63) is 152 Å². The van der Waals surface area contributed by atoms with E-state index in [1.807, 2.05) is 6.07 Å². The molecule has 1 aliphatic rings. The van der Waals surface area contributed by atoms with E-state index in [9.17, 15) is 0 Å². The van der Waals surface area contributed by atoms with Crippen LogP contribution < -0.4 is 26.2 Å². The molecule has 8 aromatic rings. The average Bonchev–Trinajstić information content (AvgIpc) is 3.39. The minimum absolute atomic E-state index is 0.739. The van der Waals surface area contributed by atoms with E-state index < -0.39 is 8.80 Å². The van der Waals surface area contributed by atoms with Gasteiger partial charge in [-0.15, -0.1) is 0 Å². The molecular formula is C40H28N2OSi. The highest BCUT2D eigenvalue weighted by Gasteiger charge is 2.32. The highest BCUT2D eigenvalue weighted by molar-refractivity contribution is 6.98. The lowest BCUT2D eigenvalue weighted by Crippen LogP contribution is -2.52. The minimum Gasteiger partial charge on any atom is -0.456 e. The Hall–Kier alpha value is -5.58. The van der Waals surface area contributed by atoms with Crippen molar-refractivity contribution in [3.63, 3.8) is 0 Å². The third-order valence-electron chi connectivity index (χ3n) is 9.01. The largest absolute Gasteiger partial charge is 0.456 e. The van der Waals surface area contributed by atoms with Crippen molar-refractivity contribution in [2.75, 3.05) is 10.6 Å². The number of rotatable bonds is 4. The molecule has 9 rings (SSSR count). The van der Waals surface area contributed by atoms with Gasteiger partial charge in [0, 0.05) is 39.3 Å². The summed E-state index contributed by atoms with van der Waals surface area (Å²) in [4.78, 5) is 2.40. The van der Waals surface area contributed by atoms with Gasteiger partial charge in [0.15, 0.2) is 0 Å². The Labute approximate surface area is 257 Å². The van der Waals surface area contributed by atoms with Crippen molar-refractivity contribution in [3.8, 4) is 11.1 Å². The van der Waals surface area contributed by atoms with Crippen LogP contribution >= 0.6 is 0 Å². The molecule has 3 nitrogen and oxygen atoms in total. The number of benzene rings is 7. The molecule has 4 heteroatoms. The summed E-state index contributed by atoms with van der Waals surface area (Å²) in [6.07, 6.45) is 0. The van der Waals surface area contributed by atoms with Crippen molar-refractivity contribution < 1.29 is 4.42 Å². The molecule has 0 amide bonds. The Bertz CT molecular complexity index is 2360. The van der Waals surface area contributed by atoms with Gasteiger partial charge in [-0.05, 0) is 69.4 Å². The van der Waals surface area contributed by atoms with E-state index in [-0.39, 0.29) is 0 Å². The summed E-state index contributed by atoms with van der Waals surface area (Å²) in [6, 6.07) is 54.6. The summed E-state index contributed by atoms with van der Waals surface area (Å²) in [5, 5.41) is 8.88. The molecule has 2 N–H and O–H groups in total. The first-order valence-electron chi connectivity index (χ1n) is 15.0. The third kappa shape index (κ3) is 3.75. The second kappa shape index (κ2) is 9.73. The zero-order valence-corrected chi connectivity index (χ0v) is 25.1. The molecule has 0 spiro atoms. The van der Waals surface area contributed by atoms with Crippen LogP contribution in [0.25, 0.3) is 43.8 Å². The van der Waals surface area contributed by atoms with Gasteiger partial charge in [0.05, 0.1) is 5.69 Å². The fraction of sp³-hybridized carbons (Fsp3) is 0. The molecule has 0 fully saturated rings. The number of nitrogens with two attached hydrogens (primary N) is 1. The smallest absolute Gasteiger partial charge is 0.137 e. The summed E-state index contributed by atoms with van der Waals surface area (Å²) in [7, 11) is -2.03. The molecule has 208 valence electrons. The topological polar surface area (TPSA) is 42.4 Å². The van der Waals surface area contributed by atoms with E-state index >= 15 is 0 Å². The van der Waals surface area contributed by atoms with Crippen LogP contribution in [0.3, 0.4) is 0 Å². The number of anilines is 4. The highest BCUT2D eigenvalue weighted by Crippen LogP contribution is 2.42. The standard InChI is InChI=1S/C40H28N2OSi/c41-27-23-36-40-38(24-27)44(30-15-5-2-6-16-30)37-25-29(21-22-32(37)33-18-10-20-35(43-36)39(33)40)42(28-13-3-1-4-14-28)34-19-9-12-26-11-7-8-17-31(26)34/h1-25,44H,41H2. The molecule has 7 aromatic carbocycles. The highest BCUT2D eigenvalue weighted by atomic mass is 28.3. The van der Waals surface area contributed by atoms with Gasteiger partial charge in [0.2, 0.25) is 0 Å². The molecule has 1 aromatic heterocycles. The molecular weight excluding hydrogens is 553 g/mol. The minimum atomic E-state index is -2.03. The predicted molar refractivity (Wildman–Crippen MR) is 188 cm³/mol. The van der Waals surface area contributed by atoms with E-state index in [4.69, 9.17) is 10.2 Å². The van der Waals surface area contributed by atoms with Gasteiger partial charge in [0.25, 0.3) is 0 Å². The quantitative estimate of drug-likeness (QED) is 0.169. The van der Waals surface area contributed by atoms with Gasteiger partial charge < -0.3 is 15.1 Å². The molecule has 0 saturated heterocycles. The number of nitrogens with zero attached hydrogens (tertiary/aromatic N) is 1. The number of hydrogen-bond acceptors (Lipinski definition) is 3. The van der Waals surface area contributed by atoms with Gasteiger partial charge >= 0.3 is 0 Å². The Kier molecular flexibility index (Phi) is 5.52. The molecule has 44 heavy (non-hydrogen) atoms. The number of para-hydroxylation sites is 1. The lowest BCUT2D eigenvalue weighted by atomic mass is 9.98. The number of hydrogen-bond donors (Lipinski definition) is 1. The average molecular weight is 581 g/mol. The Morgan fingerprint density at radius 3 is 2.14 bits per heavy atom. The van der Waals surface area contributed by atoms with Crippen LogP contribution in [0.4, 0.5) is 22.7 Å². The maximum Gasteiger partial charge on any atom is 0.137 e. The first kappa shape index (κ1) is 25.0. The summed E-state index contributed by atoms with van der Waals surface area (Å²) < 4.78 is 6.44. The van der Waals surface area contributed by atoms with Crippen LogP contribution in [0.1, 0.15) is 0 Å². The van der Waals surface area contributed by atoms with Gasteiger partial charge in [-0.3, -0.25) is 0 Å². The van der Waals surface area contributed by atoms with Crippen LogP contribution in [0.15, 0.2) is 156 Å². The SMILES string of the molecule is Nc1cc2c3c(c1)oc1cccc(c13)-c1ccc(N(c3ccccc3)c3cccc4ccccc34)cc1[SiH]2c1ccccc1. The monoisotopic (exact) mass is 580 g/mol. The second-order valence-electron chi connectivity index (χ2n) is 11.5. The maximum atomic E-state index is 6.59. The Balaban J connectivity index is 1.38. The van der Waals surface area contributed by atoms with Gasteiger partial charge in [0.1, 0.15) is 20.0 Å². The lowest BCUT2D eigenvalue weighted by molar-refractivity contribution is 0.669. The van der Waals surface area contributed by atoms with Gasteiger partial charge in [-0.1, -0.05) is 108 Å². The van der Waals surface area contributed by atoms with Crippen LogP contribution in [0.5, 0.6) is 0 Å². The van der Waals surface area contributed by atoms with E-state index in [1.165, 1.54) is 48.2 Å². The van der Waals surface area contributed by atoms with Gasteiger partial charge in [-0.2, -0.15) is 0 Å². The first-order chi connectivity index (χ1) is 21.7. The van der Waals surface area contributed by atoms with Crippen LogP contribution in [-0.4, -0.2) is 8.80 Å². The Morgan fingerprint density at radius 1 is 0.523 bits per heavy atom. The van der Waals surface area contributed by atoms with E-state index in [2.05, 4.69) is 150 Å². The lowest BCUT2D eigenvalue weighted by Gasteiger charge is -2.29. The van der Waals surface area contributed by atoms with E-state index in [1.54, 1.807) is 0 Å². The van der Waals surface area contributed by atoms with Crippen molar-refractivity contribution in [1.29, 1.82) is 0 Å². The van der Waals surface area contributed by atoms with Crippen LogP contribution in [-0.2, 0) is 0 Å². The molecule has 0 radical (unpaired) electrons. The molecule has 1 aliphatic heterocycles. The predicted octanol–water partition coefficient (Wildman–Crippen LogP) is 8.02. The molecule has 1 unspecified atom stereocenters. The summed E-state index contributed by atoms with van der Waals surface area (Å²) in [6.45, 7) is 0. The summed E-state index contributed by atoms with van der Waals surface area (Å²) in [5.41, 5.74) is 15.0. The maximum absolute atomic E-state index is 6.59. The van der Waals surface area contributed by atoms with Gasteiger partial charge in [-0.25, -0.2) is 0 Å². The van der Waals surface area contributed by atoms with Crippen molar-refractivity contribution in [2.45, 2.75) is 0 Å². The zero-order valence-electron chi connectivity index (χ0n) is 23.9. The number of furan rings is 1. The summed E-state index contributed by atoms with van der Waals surface area (Å²) in [5.74, 6) is 0. The third-order valence-corrected chi connectivity index (χ3v) is 12.2. The molecule has 0 saturated carbocycles. The molecule has 2 heterocycles. The normalized spacial score (nSPS) is 13.8. The second-order valence-corrected chi connectivity index (χ2v) is 14.3. The number of nitrogen functional groups attached to an aromatic ring is 1. The van der Waals surface area contributed by atoms with Crippen molar-refractivity contribution >= 4 is 79.8 Å². The fourth-order valence-corrected chi connectivity index (χ4v) is 10.7. The summed E-state index contributed by atoms with van der Waals surface area (Å²) >= 11 is 0. The van der Waals surface area contributed by atoms with Crippen molar-refractivity contribution in [1.82, 2.24) is 0 Å². The van der Waals surface area contributed by atoms with E-state index in [0.29, 0.717) is 0 Å². The van der Waals surface area contributed by atoms with Crippen molar-refractivity contribution in [2.24, 2.45) is 0 Å². The first-order valence-corrected chi connectivity index (χ1v) is 16.7. The fourth-order valence-electron chi connectivity index (χ4n) is 7.20. The van der Waals surface area contributed by atoms with E-state index in [0.717, 1.165) is 33.9 Å². The molecule has 1 atom stereocenters. The van der Waals surface area contributed by atoms with Crippen LogP contribution in [0, 0.1) is 0 Å². The zero-order chi connectivity index (χ0) is 29.2.